The Kier molecular flexibility index (Phi) is 5.50. The molecule has 0 radical (unpaired) electrons. The predicted octanol–water partition coefficient (Wildman–Crippen LogP) is 3.72. The van der Waals surface area contributed by atoms with E-state index in [4.69, 9.17) is 16.0 Å². The molecule has 1 N–H and O–H groups in total. The van der Waals surface area contributed by atoms with Crippen LogP contribution < -0.4 is 5.32 Å². The minimum Gasteiger partial charge on any atom is -0.454 e. The van der Waals surface area contributed by atoms with Crippen molar-refractivity contribution in [3.05, 3.63) is 93.0 Å². The average Bonchev–Trinajstić information content (AvgIpc) is 3.45. The first kappa shape index (κ1) is 20.3. The number of anilines is 1. The van der Waals surface area contributed by atoms with Crippen molar-refractivity contribution in [3.63, 3.8) is 0 Å². The zero-order valence-corrected chi connectivity index (χ0v) is 16.5. The topological polar surface area (TPSA) is 121 Å². The Morgan fingerprint density at radius 3 is 2.74 bits per heavy atom. The standard InChI is InChI=1S/C19H14ClFN6O4/c20-15-11-26(8-12-3-1-2-4-16(12)21)24-18(15)23-19(28)17-6-5-14(31-17)10-25-9-13(7-22-25)27(29)30/h1-7,9,11H,8,10H2,(H,23,24,28). The number of nitrogens with zero attached hydrogens (tertiary/aromatic N) is 5. The van der Waals surface area contributed by atoms with Crippen molar-refractivity contribution in [3.8, 4) is 0 Å². The third kappa shape index (κ3) is 4.61. The minimum absolute atomic E-state index is 0.00336. The highest BCUT2D eigenvalue weighted by molar-refractivity contribution is 6.33. The lowest BCUT2D eigenvalue weighted by atomic mass is 10.2. The molecule has 3 aromatic heterocycles. The van der Waals surface area contributed by atoms with Crippen LogP contribution >= 0.6 is 11.6 Å². The molecule has 158 valence electrons. The van der Waals surface area contributed by atoms with Gasteiger partial charge in [-0.3, -0.25) is 24.3 Å². The Morgan fingerprint density at radius 2 is 2.00 bits per heavy atom. The summed E-state index contributed by atoms with van der Waals surface area (Å²) < 4.78 is 22.0. The van der Waals surface area contributed by atoms with Gasteiger partial charge < -0.3 is 9.73 Å². The van der Waals surface area contributed by atoms with Gasteiger partial charge in [0.1, 0.15) is 29.0 Å². The molecule has 0 aliphatic rings. The summed E-state index contributed by atoms with van der Waals surface area (Å²) in [5.41, 5.74) is 0.277. The minimum atomic E-state index is -0.587. The van der Waals surface area contributed by atoms with Gasteiger partial charge in [-0.15, -0.1) is 0 Å². The molecule has 1 amide bonds. The number of nitro groups is 1. The molecular weight excluding hydrogens is 431 g/mol. The molecule has 4 rings (SSSR count). The predicted molar refractivity (Wildman–Crippen MR) is 107 cm³/mol. The Balaban J connectivity index is 1.42. The van der Waals surface area contributed by atoms with Crippen molar-refractivity contribution in [2.45, 2.75) is 13.1 Å². The average molecular weight is 445 g/mol. The third-order valence-corrected chi connectivity index (χ3v) is 4.55. The summed E-state index contributed by atoms with van der Waals surface area (Å²) in [5.74, 6) is -0.486. The highest BCUT2D eigenvalue weighted by atomic mass is 35.5. The zero-order chi connectivity index (χ0) is 22.0. The van der Waals surface area contributed by atoms with Crippen molar-refractivity contribution < 1.29 is 18.5 Å². The fourth-order valence-electron chi connectivity index (χ4n) is 2.81. The smallest absolute Gasteiger partial charge is 0.307 e. The van der Waals surface area contributed by atoms with E-state index in [0.29, 0.717) is 11.3 Å². The van der Waals surface area contributed by atoms with Gasteiger partial charge in [0, 0.05) is 11.8 Å². The van der Waals surface area contributed by atoms with Crippen LogP contribution in [0.3, 0.4) is 0 Å². The molecule has 1 aromatic carbocycles. The monoisotopic (exact) mass is 444 g/mol. The van der Waals surface area contributed by atoms with Gasteiger partial charge in [0.2, 0.25) is 0 Å². The van der Waals surface area contributed by atoms with E-state index in [0.717, 1.165) is 6.20 Å². The molecule has 0 saturated carbocycles. The molecule has 10 nitrogen and oxygen atoms in total. The van der Waals surface area contributed by atoms with E-state index in [1.807, 2.05) is 0 Å². The zero-order valence-electron chi connectivity index (χ0n) is 15.7. The first-order valence-corrected chi connectivity index (χ1v) is 9.30. The van der Waals surface area contributed by atoms with Gasteiger partial charge >= 0.3 is 5.69 Å². The van der Waals surface area contributed by atoms with Gasteiger partial charge in [0.05, 0.1) is 18.0 Å². The van der Waals surface area contributed by atoms with Crippen LogP contribution in [0, 0.1) is 15.9 Å². The Morgan fingerprint density at radius 1 is 1.19 bits per heavy atom. The molecular formula is C19H14ClFN6O4. The number of carbonyl (C=O) groups excluding carboxylic acids is 1. The van der Waals surface area contributed by atoms with E-state index in [1.54, 1.807) is 24.3 Å². The summed E-state index contributed by atoms with van der Waals surface area (Å²) in [4.78, 5) is 22.6. The van der Waals surface area contributed by atoms with E-state index < -0.39 is 10.8 Å². The summed E-state index contributed by atoms with van der Waals surface area (Å²) >= 11 is 6.13. The van der Waals surface area contributed by atoms with E-state index in [-0.39, 0.29) is 41.2 Å². The van der Waals surface area contributed by atoms with Crippen LogP contribution in [0.25, 0.3) is 0 Å². The lowest BCUT2D eigenvalue weighted by Gasteiger charge is -2.03. The van der Waals surface area contributed by atoms with E-state index in [9.17, 15) is 19.3 Å². The third-order valence-electron chi connectivity index (χ3n) is 4.27. The van der Waals surface area contributed by atoms with Crippen molar-refractivity contribution in [2.24, 2.45) is 0 Å². The highest BCUT2D eigenvalue weighted by Gasteiger charge is 2.17. The highest BCUT2D eigenvalue weighted by Crippen LogP contribution is 2.22. The van der Waals surface area contributed by atoms with Crippen LogP contribution in [0.4, 0.5) is 15.9 Å². The fourth-order valence-corrected chi connectivity index (χ4v) is 3.01. The number of benzene rings is 1. The quantitative estimate of drug-likeness (QED) is 0.342. The SMILES string of the molecule is O=C(Nc1nn(Cc2ccccc2F)cc1Cl)c1ccc(Cn2cc([N+](=O)[O-])cn2)o1. The summed E-state index contributed by atoms with van der Waals surface area (Å²) in [7, 11) is 0. The molecule has 12 heteroatoms. The van der Waals surface area contributed by atoms with Gasteiger partial charge in [-0.25, -0.2) is 4.39 Å². The second-order valence-corrected chi connectivity index (χ2v) is 6.90. The van der Waals surface area contributed by atoms with Gasteiger partial charge in [-0.2, -0.15) is 10.2 Å². The number of carbonyl (C=O) groups is 1. The van der Waals surface area contributed by atoms with Crippen molar-refractivity contribution in [1.82, 2.24) is 19.6 Å². The molecule has 0 aliphatic carbocycles. The molecule has 0 bridgehead atoms. The number of rotatable bonds is 7. The lowest BCUT2D eigenvalue weighted by molar-refractivity contribution is -0.385. The van der Waals surface area contributed by atoms with Crippen LogP contribution in [0.15, 0.2) is 59.4 Å². The lowest BCUT2D eigenvalue weighted by Crippen LogP contribution is -2.12. The number of nitrogens with one attached hydrogen (secondary N) is 1. The number of hydrogen-bond acceptors (Lipinski definition) is 6. The summed E-state index contributed by atoms with van der Waals surface area (Å²) in [6.07, 6.45) is 3.85. The second kappa shape index (κ2) is 8.40. The van der Waals surface area contributed by atoms with Gasteiger partial charge in [0.25, 0.3) is 5.91 Å². The van der Waals surface area contributed by atoms with Crippen molar-refractivity contribution >= 4 is 29.0 Å². The molecule has 0 atom stereocenters. The number of amides is 1. The summed E-state index contributed by atoms with van der Waals surface area (Å²) in [6.45, 7) is 0.252. The van der Waals surface area contributed by atoms with E-state index in [1.165, 1.54) is 33.9 Å². The molecule has 0 unspecified atom stereocenters. The number of halogens is 2. The van der Waals surface area contributed by atoms with E-state index >= 15 is 0 Å². The van der Waals surface area contributed by atoms with E-state index in [2.05, 4.69) is 15.5 Å². The molecule has 31 heavy (non-hydrogen) atoms. The van der Waals surface area contributed by atoms with Gasteiger partial charge in [-0.1, -0.05) is 29.8 Å². The summed E-state index contributed by atoms with van der Waals surface area (Å²) in [5, 5.41) is 21.5. The molecule has 0 saturated heterocycles. The Hall–Kier alpha value is -3.99. The number of furan rings is 1. The number of hydrogen-bond donors (Lipinski definition) is 1. The molecule has 3 heterocycles. The fraction of sp³-hybridized carbons (Fsp3) is 0.105. The van der Waals surface area contributed by atoms with Crippen LogP contribution in [0.5, 0.6) is 0 Å². The molecule has 0 aliphatic heterocycles. The summed E-state index contributed by atoms with van der Waals surface area (Å²) in [6, 6.07) is 9.28. The maximum atomic E-state index is 13.8. The molecule has 0 spiro atoms. The maximum Gasteiger partial charge on any atom is 0.307 e. The van der Waals surface area contributed by atoms with Crippen LogP contribution in [-0.2, 0) is 13.1 Å². The largest absolute Gasteiger partial charge is 0.454 e. The Bertz CT molecular complexity index is 1260. The Labute approximate surface area is 179 Å². The van der Waals surface area contributed by atoms with Crippen LogP contribution in [0.2, 0.25) is 5.02 Å². The van der Waals surface area contributed by atoms with Gasteiger partial charge in [0.15, 0.2) is 11.6 Å². The maximum absolute atomic E-state index is 13.8. The molecule has 4 aromatic rings. The number of aromatic nitrogens is 4. The normalized spacial score (nSPS) is 10.9. The first-order valence-electron chi connectivity index (χ1n) is 8.92. The molecule has 0 fully saturated rings. The first-order chi connectivity index (χ1) is 14.9. The van der Waals surface area contributed by atoms with Crippen molar-refractivity contribution in [1.29, 1.82) is 0 Å². The van der Waals surface area contributed by atoms with Crippen molar-refractivity contribution in [2.75, 3.05) is 5.32 Å². The second-order valence-electron chi connectivity index (χ2n) is 6.49. The van der Waals surface area contributed by atoms with Crippen LogP contribution in [-0.4, -0.2) is 30.4 Å². The van der Waals surface area contributed by atoms with Gasteiger partial charge in [-0.05, 0) is 18.2 Å². The van der Waals surface area contributed by atoms with Crippen LogP contribution in [0.1, 0.15) is 21.9 Å².